The van der Waals surface area contributed by atoms with E-state index in [1.165, 1.54) is 6.07 Å². The van der Waals surface area contributed by atoms with Crippen molar-refractivity contribution in [3.63, 3.8) is 0 Å². The number of carbonyl (C=O) groups is 1. The van der Waals surface area contributed by atoms with Crippen LogP contribution in [-0.2, 0) is 9.53 Å². The van der Waals surface area contributed by atoms with Gasteiger partial charge >= 0.3 is 5.97 Å². The number of hydrogen-bond donors (Lipinski definition) is 1. The number of aryl methyl sites for hydroxylation is 1. The number of aromatic amines is 1. The van der Waals surface area contributed by atoms with Gasteiger partial charge in [0, 0.05) is 18.3 Å². The van der Waals surface area contributed by atoms with Crippen LogP contribution in [0.1, 0.15) is 44.2 Å². The summed E-state index contributed by atoms with van der Waals surface area (Å²) in [5, 5.41) is 0. The van der Waals surface area contributed by atoms with Crippen molar-refractivity contribution in [2.24, 2.45) is 5.92 Å². The normalized spacial score (nSPS) is 21.0. The van der Waals surface area contributed by atoms with Crippen LogP contribution in [0, 0.1) is 12.8 Å². The van der Waals surface area contributed by atoms with Crippen LogP contribution >= 0.6 is 0 Å². The maximum absolute atomic E-state index is 11.9. The third kappa shape index (κ3) is 3.91. The van der Waals surface area contributed by atoms with Crippen LogP contribution in [0.4, 0.5) is 0 Å². The summed E-state index contributed by atoms with van der Waals surface area (Å²) < 4.78 is 5.11. The lowest BCUT2D eigenvalue weighted by Crippen LogP contribution is -2.41. The van der Waals surface area contributed by atoms with E-state index in [1.807, 2.05) is 20.8 Å². The number of nitrogens with one attached hydrogen (secondary N) is 1. The third-order valence-corrected chi connectivity index (χ3v) is 3.90. The number of hydrogen-bond acceptors (Lipinski definition) is 5. The van der Waals surface area contributed by atoms with Crippen LogP contribution in [0.3, 0.4) is 0 Å². The molecule has 1 N–H and O–H groups in total. The summed E-state index contributed by atoms with van der Waals surface area (Å²) in [6.45, 7) is 7.60. The van der Waals surface area contributed by atoms with Crippen molar-refractivity contribution in [3.05, 3.63) is 27.9 Å². The molecule has 2 atom stereocenters. The number of esters is 1. The molecule has 6 heteroatoms. The Labute approximate surface area is 124 Å². The van der Waals surface area contributed by atoms with E-state index in [4.69, 9.17) is 4.74 Å². The number of carbonyl (C=O) groups excluding carboxylic acids is 1. The molecule has 0 radical (unpaired) electrons. The van der Waals surface area contributed by atoms with Gasteiger partial charge in [0.1, 0.15) is 5.82 Å². The summed E-state index contributed by atoms with van der Waals surface area (Å²) in [5.74, 6) is 0.447. The molecular weight excluding hydrogens is 270 g/mol. The molecule has 116 valence electrons. The molecule has 2 heterocycles. The predicted octanol–water partition coefficient (Wildman–Crippen LogP) is 1.41. The molecule has 1 fully saturated rings. The fourth-order valence-corrected chi connectivity index (χ4v) is 2.78. The summed E-state index contributed by atoms with van der Waals surface area (Å²) >= 11 is 0. The molecule has 0 bridgehead atoms. The highest BCUT2D eigenvalue weighted by atomic mass is 16.5. The zero-order valence-electron chi connectivity index (χ0n) is 12.9. The molecule has 1 aromatic rings. The van der Waals surface area contributed by atoms with Crippen LogP contribution in [0.2, 0.25) is 0 Å². The van der Waals surface area contributed by atoms with E-state index in [2.05, 4.69) is 14.9 Å². The van der Waals surface area contributed by atoms with E-state index in [0.717, 1.165) is 19.4 Å². The lowest BCUT2D eigenvalue weighted by molar-refractivity contribution is -0.150. The molecule has 0 aromatic carbocycles. The van der Waals surface area contributed by atoms with Crippen molar-refractivity contribution in [1.29, 1.82) is 0 Å². The average Bonchev–Trinajstić information content (AvgIpc) is 2.46. The molecule has 0 saturated carbocycles. The van der Waals surface area contributed by atoms with E-state index in [0.29, 0.717) is 24.7 Å². The van der Waals surface area contributed by atoms with Gasteiger partial charge in [0.05, 0.1) is 18.6 Å². The Bertz CT molecular complexity index is 555. The number of piperidine rings is 1. The summed E-state index contributed by atoms with van der Waals surface area (Å²) in [7, 11) is 0. The summed E-state index contributed by atoms with van der Waals surface area (Å²) in [6, 6.07) is 1.46. The number of nitrogens with zero attached hydrogens (tertiary/aromatic N) is 2. The van der Waals surface area contributed by atoms with Crippen molar-refractivity contribution in [2.45, 2.75) is 39.7 Å². The van der Waals surface area contributed by atoms with Gasteiger partial charge in [0.25, 0.3) is 5.56 Å². The zero-order chi connectivity index (χ0) is 15.4. The smallest absolute Gasteiger partial charge is 0.310 e. The van der Waals surface area contributed by atoms with Crippen LogP contribution in [-0.4, -0.2) is 40.5 Å². The van der Waals surface area contributed by atoms with Crippen molar-refractivity contribution >= 4 is 5.97 Å². The van der Waals surface area contributed by atoms with Crippen LogP contribution in [0.15, 0.2) is 10.9 Å². The van der Waals surface area contributed by atoms with Crippen LogP contribution < -0.4 is 5.56 Å². The van der Waals surface area contributed by atoms with E-state index >= 15 is 0 Å². The van der Waals surface area contributed by atoms with Gasteiger partial charge in [0.15, 0.2) is 0 Å². The molecule has 0 amide bonds. The fraction of sp³-hybridized carbons (Fsp3) is 0.667. The minimum atomic E-state index is -0.136. The third-order valence-electron chi connectivity index (χ3n) is 3.90. The van der Waals surface area contributed by atoms with Gasteiger partial charge < -0.3 is 9.72 Å². The number of aromatic nitrogens is 2. The Hall–Kier alpha value is -1.69. The molecule has 2 rings (SSSR count). The van der Waals surface area contributed by atoms with Crippen molar-refractivity contribution < 1.29 is 9.53 Å². The molecule has 0 aliphatic carbocycles. The fourth-order valence-electron chi connectivity index (χ4n) is 2.78. The molecule has 1 aliphatic heterocycles. The predicted molar refractivity (Wildman–Crippen MR) is 78.9 cm³/mol. The monoisotopic (exact) mass is 293 g/mol. The van der Waals surface area contributed by atoms with E-state index in [-0.39, 0.29) is 23.5 Å². The summed E-state index contributed by atoms with van der Waals surface area (Å²) in [5.41, 5.74) is 0.572. The van der Waals surface area contributed by atoms with Crippen LogP contribution in [0.25, 0.3) is 0 Å². The highest BCUT2D eigenvalue weighted by molar-refractivity contribution is 5.72. The van der Waals surface area contributed by atoms with Crippen LogP contribution in [0.5, 0.6) is 0 Å². The highest BCUT2D eigenvalue weighted by Crippen LogP contribution is 2.25. The first-order chi connectivity index (χ1) is 10.0. The maximum Gasteiger partial charge on any atom is 0.310 e. The van der Waals surface area contributed by atoms with Gasteiger partial charge in [-0.25, -0.2) is 4.98 Å². The van der Waals surface area contributed by atoms with Gasteiger partial charge in [0.2, 0.25) is 0 Å². The topological polar surface area (TPSA) is 75.3 Å². The van der Waals surface area contributed by atoms with Gasteiger partial charge in [-0.15, -0.1) is 0 Å². The molecule has 1 aromatic heterocycles. The van der Waals surface area contributed by atoms with Gasteiger partial charge in [-0.3, -0.25) is 14.5 Å². The second kappa shape index (κ2) is 6.85. The van der Waals surface area contributed by atoms with Gasteiger partial charge in [-0.1, -0.05) is 0 Å². The second-order valence-electron chi connectivity index (χ2n) is 5.53. The molecule has 1 aliphatic rings. The number of ether oxygens (including phenoxy) is 1. The van der Waals surface area contributed by atoms with E-state index < -0.39 is 0 Å². The first-order valence-corrected chi connectivity index (χ1v) is 7.49. The Morgan fingerprint density at radius 3 is 3.05 bits per heavy atom. The highest BCUT2D eigenvalue weighted by Gasteiger charge is 2.30. The first-order valence-electron chi connectivity index (χ1n) is 7.49. The summed E-state index contributed by atoms with van der Waals surface area (Å²) in [6.07, 6.45) is 1.81. The largest absolute Gasteiger partial charge is 0.466 e. The molecule has 6 nitrogen and oxygen atoms in total. The minimum Gasteiger partial charge on any atom is -0.466 e. The Kier molecular flexibility index (Phi) is 5.12. The lowest BCUT2D eigenvalue weighted by atomic mass is 9.97. The zero-order valence-corrected chi connectivity index (χ0v) is 12.9. The minimum absolute atomic E-state index is 0.0187. The Balaban J connectivity index is 2.09. The number of likely N-dealkylation sites (tertiary alicyclic amines) is 1. The van der Waals surface area contributed by atoms with Crippen molar-refractivity contribution in [1.82, 2.24) is 14.9 Å². The standard InChI is InChI=1S/C15H23N3O3/c1-4-21-15(20)12-6-5-7-18(9-12)11(3)14-16-10(2)8-13(19)17-14/h8,11-12H,4-7,9H2,1-3H3,(H,16,17,19)/t11-,12-/m0/s1. The number of rotatable bonds is 4. The average molecular weight is 293 g/mol. The summed E-state index contributed by atoms with van der Waals surface area (Å²) in [4.78, 5) is 32.8. The quantitative estimate of drug-likeness (QED) is 0.850. The van der Waals surface area contributed by atoms with Crippen molar-refractivity contribution in [3.8, 4) is 0 Å². The number of H-pyrrole nitrogens is 1. The Morgan fingerprint density at radius 2 is 2.38 bits per heavy atom. The van der Waals surface area contributed by atoms with Crippen molar-refractivity contribution in [2.75, 3.05) is 19.7 Å². The SMILES string of the molecule is CCOC(=O)[C@H]1CCCN([C@@H](C)c2nc(C)cc(=O)[nH]2)C1. The second-order valence-corrected chi connectivity index (χ2v) is 5.53. The van der Waals surface area contributed by atoms with E-state index in [9.17, 15) is 9.59 Å². The Morgan fingerprint density at radius 1 is 1.62 bits per heavy atom. The molecular formula is C15H23N3O3. The molecule has 0 spiro atoms. The van der Waals surface area contributed by atoms with Gasteiger partial charge in [-0.2, -0.15) is 0 Å². The molecule has 0 unspecified atom stereocenters. The first kappa shape index (κ1) is 15.7. The van der Waals surface area contributed by atoms with E-state index in [1.54, 1.807) is 0 Å². The maximum atomic E-state index is 11.9. The molecule has 21 heavy (non-hydrogen) atoms. The molecule has 1 saturated heterocycles. The van der Waals surface area contributed by atoms with Gasteiger partial charge in [-0.05, 0) is 40.2 Å². The lowest BCUT2D eigenvalue weighted by Gasteiger charge is -2.35.